The Morgan fingerprint density at radius 1 is 1.24 bits per heavy atom. The number of nitrogens with two attached hydrogens (primary N) is 1. The van der Waals surface area contributed by atoms with Crippen molar-refractivity contribution in [1.29, 1.82) is 0 Å². The highest BCUT2D eigenvalue weighted by molar-refractivity contribution is 6.42. The standard InChI is InChI=1S/C13H12Cl2N2/c1-8-5-6-17-13(16)10(8)7-9-3-2-4-11(14)12(9)15/h2-6H,7H2,1H3,(H2,16,17). The second-order valence-corrected chi connectivity index (χ2v) is 4.67. The number of anilines is 1. The molecule has 17 heavy (non-hydrogen) atoms. The minimum Gasteiger partial charge on any atom is -0.383 e. The van der Waals surface area contributed by atoms with Crippen LogP contribution in [0.15, 0.2) is 30.5 Å². The molecule has 0 saturated carbocycles. The zero-order chi connectivity index (χ0) is 12.4. The summed E-state index contributed by atoms with van der Waals surface area (Å²) in [5.74, 6) is 0.543. The van der Waals surface area contributed by atoms with Gasteiger partial charge in [-0.1, -0.05) is 35.3 Å². The normalized spacial score (nSPS) is 10.5. The van der Waals surface area contributed by atoms with Gasteiger partial charge in [0.25, 0.3) is 0 Å². The third-order valence-corrected chi connectivity index (χ3v) is 3.58. The van der Waals surface area contributed by atoms with Gasteiger partial charge in [0.1, 0.15) is 5.82 Å². The maximum atomic E-state index is 6.15. The van der Waals surface area contributed by atoms with Crippen molar-refractivity contribution in [2.24, 2.45) is 0 Å². The minimum absolute atomic E-state index is 0.543. The summed E-state index contributed by atoms with van der Waals surface area (Å²) in [7, 11) is 0. The molecule has 1 heterocycles. The molecular formula is C13H12Cl2N2. The third-order valence-electron chi connectivity index (χ3n) is 2.72. The van der Waals surface area contributed by atoms with Crippen LogP contribution in [0.3, 0.4) is 0 Å². The Bertz CT molecular complexity index is 533. The Labute approximate surface area is 110 Å². The fourth-order valence-electron chi connectivity index (χ4n) is 1.72. The van der Waals surface area contributed by atoms with Crippen LogP contribution in [-0.2, 0) is 6.42 Å². The van der Waals surface area contributed by atoms with E-state index in [1.54, 1.807) is 12.3 Å². The SMILES string of the molecule is Cc1ccnc(N)c1Cc1cccc(Cl)c1Cl. The fourth-order valence-corrected chi connectivity index (χ4v) is 2.10. The molecule has 2 N–H and O–H groups in total. The Kier molecular flexibility index (Phi) is 3.55. The van der Waals surface area contributed by atoms with Crippen LogP contribution < -0.4 is 5.73 Å². The minimum atomic E-state index is 0.543. The zero-order valence-corrected chi connectivity index (χ0v) is 10.9. The first kappa shape index (κ1) is 12.2. The van der Waals surface area contributed by atoms with E-state index in [-0.39, 0.29) is 0 Å². The highest BCUT2D eigenvalue weighted by atomic mass is 35.5. The van der Waals surface area contributed by atoms with Crippen molar-refractivity contribution in [3.8, 4) is 0 Å². The molecule has 2 aromatic rings. The molecule has 1 aromatic carbocycles. The monoisotopic (exact) mass is 266 g/mol. The van der Waals surface area contributed by atoms with Crippen molar-refractivity contribution in [3.63, 3.8) is 0 Å². The van der Waals surface area contributed by atoms with Crippen LogP contribution in [0.25, 0.3) is 0 Å². The first-order valence-corrected chi connectivity index (χ1v) is 5.98. The molecule has 0 unspecified atom stereocenters. The summed E-state index contributed by atoms with van der Waals surface area (Å²) < 4.78 is 0. The van der Waals surface area contributed by atoms with Crippen molar-refractivity contribution < 1.29 is 0 Å². The summed E-state index contributed by atoms with van der Waals surface area (Å²) in [6.45, 7) is 2.01. The number of halogens is 2. The predicted molar refractivity (Wildman–Crippen MR) is 72.7 cm³/mol. The number of nitrogens with zero attached hydrogens (tertiary/aromatic N) is 1. The first-order chi connectivity index (χ1) is 8.09. The number of aromatic nitrogens is 1. The molecule has 0 amide bonds. The number of hydrogen-bond donors (Lipinski definition) is 1. The largest absolute Gasteiger partial charge is 0.383 e. The second-order valence-electron chi connectivity index (χ2n) is 3.88. The van der Waals surface area contributed by atoms with Gasteiger partial charge >= 0.3 is 0 Å². The van der Waals surface area contributed by atoms with Gasteiger partial charge in [0, 0.05) is 18.2 Å². The van der Waals surface area contributed by atoms with Crippen LogP contribution in [0.5, 0.6) is 0 Å². The summed E-state index contributed by atoms with van der Waals surface area (Å²) in [4.78, 5) is 4.09. The molecule has 0 aliphatic heterocycles. The Morgan fingerprint density at radius 3 is 2.71 bits per heavy atom. The van der Waals surface area contributed by atoms with E-state index in [0.29, 0.717) is 22.3 Å². The third kappa shape index (κ3) is 2.54. The molecule has 0 aliphatic carbocycles. The van der Waals surface area contributed by atoms with Crippen molar-refractivity contribution in [1.82, 2.24) is 4.98 Å². The van der Waals surface area contributed by atoms with Crippen molar-refractivity contribution in [3.05, 3.63) is 57.2 Å². The highest BCUT2D eigenvalue weighted by Crippen LogP contribution is 2.29. The van der Waals surface area contributed by atoms with E-state index in [2.05, 4.69) is 4.98 Å². The van der Waals surface area contributed by atoms with E-state index in [9.17, 15) is 0 Å². The second kappa shape index (κ2) is 4.94. The average molecular weight is 267 g/mol. The van der Waals surface area contributed by atoms with Gasteiger partial charge in [0.05, 0.1) is 10.0 Å². The molecular weight excluding hydrogens is 255 g/mol. The predicted octanol–water partition coefficient (Wildman–Crippen LogP) is 3.87. The Balaban J connectivity index is 2.42. The number of aryl methyl sites for hydroxylation is 1. The van der Waals surface area contributed by atoms with Crippen LogP contribution in [0.1, 0.15) is 16.7 Å². The van der Waals surface area contributed by atoms with Gasteiger partial charge in [-0.3, -0.25) is 0 Å². The lowest BCUT2D eigenvalue weighted by atomic mass is 10.0. The summed E-state index contributed by atoms with van der Waals surface area (Å²) in [6, 6.07) is 7.53. The van der Waals surface area contributed by atoms with E-state index in [1.165, 1.54) is 0 Å². The molecule has 0 bridgehead atoms. The topological polar surface area (TPSA) is 38.9 Å². The summed E-state index contributed by atoms with van der Waals surface area (Å²) >= 11 is 12.1. The number of nitrogen functional groups attached to an aromatic ring is 1. The lowest BCUT2D eigenvalue weighted by Gasteiger charge is -2.10. The maximum absolute atomic E-state index is 6.15. The van der Waals surface area contributed by atoms with Crippen LogP contribution in [-0.4, -0.2) is 4.98 Å². The molecule has 0 saturated heterocycles. The molecule has 2 rings (SSSR count). The van der Waals surface area contributed by atoms with Gasteiger partial charge in [-0.25, -0.2) is 4.98 Å². The summed E-state index contributed by atoms with van der Waals surface area (Å²) in [6.07, 6.45) is 2.35. The van der Waals surface area contributed by atoms with Gasteiger partial charge in [0.15, 0.2) is 0 Å². The first-order valence-electron chi connectivity index (χ1n) is 5.22. The van der Waals surface area contributed by atoms with Gasteiger partial charge < -0.3 is 5.73 Å². The van der Waals surface area contributed by atoms with Crippen LogP contribution in [0.2, 0.25) is 10.0 Å². The quantitative estimate of drug-likeness (QED) is 0.897. The number of hydrogen-bond acceptors (Lipinski definition) is 2. The molecule has 0 spiro atoms. The van der Waals surface area contributed by atoms with Crippen LogP contribution in [0, 0.1) is 6.92 Å². The number of pyridine rings is 1. The van der Waals surface area contributed by atoms with E-state index >= 15 is 0 Å². The summed E-state index contributed by atoms with van der Waals surface area (Å²) in [5.41, 5.74) is 8.93. The lowest BCUT2D eigenvalue weighted by molar-refractivity contribution is 1.12. The van der Waals surface area contributed by atoms with E-state index in [1.807, 2.05) is 25.1 Å². The molecule has 1 aromatic heterocycles. The maximum Gasteiger partial charge on any atom is 0.127 e. The van der Waals surface area contributed by atoms with Crippen molar-refractivity contribution in [2.75, 3.05) is 5.73 Å². The Hall–Kier alpha value is -1.25. The van der Waals surface area contributed by atoms with E-state index in [0.717, 1.165) is 16.7 Å². The molecule has 0 atom stereocenters. The van der Waals surface area contributed by atoms with Gasteiger partial charge in [-0.15, -0.1) is 0 Å². The number of rotatable bonds is 2. The highest BCUT2D eigenvalue weighted by Gasteiger charge is 2.09. The van der Waals surface area contributed by atoms with Crippen molar-refractivity contribution >= 4 is 29.0 Å². The van der Waals surface area contributed by atoms with E-state index < -0.39 is 0 Å². The fraction of sp³-hybridized carbons (Fsp3) is 0.154. The van der Waals surface area contributed by atoms with Crippen LogP contribution >= 0.6 is 23.2 Å². The lowest BCUT2D eigenvalue weighted by Crippen LogP contribution is -2.01. The zero-order valence-electron chi connectivity index (χ0n) is 9.37. The average Bonchev–Trinajstić information content (AvgIpc) is 2.29. The molecule has 0 radical (unpaired) electrons. The smallest absolute Gasteiger partial charge is 0.127 e. The summed E-state index contributed by atoms with van der Waals surface area (Å²) in [5, 5.41) is 1.14. The van der Waals surface area contributed by atoms with Gasteiger partial charge in [-0.2, -0.15) is 0 Å². The van der Waals surface area contributed by atoms with Gasteiger partial charge in [0.2, 0.25) is 0 Å². The molecule has 88 valence electrons. The van der Waals surface area contributed by atoms with Gasteiger partial charge in [-0.05, 0) is 30.2 Å². The molecule has 0 aliphatic rings. The number of benzene rings is 1. The van der Waals surface area contributed by atoms with Crippen molar-refractivity contribution in [2.45, 2.75) is 13.3 Å². The van der Waals surface area contributed by atoms with Crippen LogP contribution in [0.4, 0.5) is 5.82 Å². The molecule has 4 heteroatoms. The molecule has 2 nitrogen and oxygen atoms in total. The van der Waals surface area contributed by atoms with E-state index in [4.69, 9.17) is 28.9 Å². The molecule has 0 fully saturated rings. The Morgan fingerprint density at radius 2 is 2.00 bits per heavy atom.